The lowest BCUT2D eigenvalue weighted by molar-refractivity contribution is -0.0196. The van der Waals surface area contributed by atoms with E-state index >= 15 is 0 Å². The molecule has 2 atom stereocenters. The minimum Gasteiger partial charge on any atom is -0.390 e. The first-order chi connectivity index (χ1) is 14.4. The Kier molecular flexibility index (Phi) is 8.22. The van der Waals surface area contributed by atoms with Crippen molar-refractivity contribution >= 4 is 17.3 Å². The molecular formula is C23H28ClFN2O3. The van der Waals surface area contributed by atoms with E-state index in [2.05, 4.69) is 5.16 Å². The second-order valence-electron chi connectivity index (χ2n) is 7.80. The maximum absolute atomic E-state index is 14.2. The Labute approximate surface area is 182 Å². The topological polar surface area (TPSA) is 54.3 Å². The Morgan fingerprint density at radius 2 is 1.97 bits per heavy atom. The summed E-state index contributed by atoms with van der Waals surface area (Å²) in [5.41, 5.74) is 2.39. The highest BCUT2D eigenvalue weighted by atomic mass is 35.5. The molecule has 1 N–H and O–H groups in total. The van der Waals surface area contributed by atoms with Crippen LogP contribution in [-0.2, 0) is 16.1 Å². The summed E-state index contributed by atoms with van der Waals surface area (Å²) in [7, 11) is 0. The lowest BCUT2D eigenvalue weighted by Gasteiger charge is -2.27. The van der Waals surface area contributed by atoms with Crippen LogP contribution in [0.3, 0.4) is 0 Å². The molecule has 0 saturated carbocycles. The van der Waals surface area contributed by atoms with Crippen LogP contribution in [0.25, 0.3) is 0 Å². The second-order valence-corrected chi connectivity index (χ2v) is 8.23. The zero-order valence-electron chi connectivity index (χ0n) is 17.3. The van der Waals surface area contributed by atoms with Gasteiger partial charge in [-0.2, -0.15) is 0 Å². The Hall–Kier alpha value is -1.99. The van der Waals surface area contributed by atoms with Crippen LogP contribution in [-0.4, -0.2) is 53.7 Å². The second kappa shape index (κ2) is 10.9. The molecule has 0 spiro atoms. The largest absolute Gasteiger partial charge is 0.390 e. The Morgan fingerprint density at radius 1 is 1.23 bits per heavy atom. The molecule has 0 radical (unpaired) electrons. The van der Waals surface area contributed by atoms with Gasteiger partial charge < -0.3 is 14.7 Å². The molecule has 1 heterocycles. The summed E-state index contributed by atoms with van der Waals surface area (Å²) in [4.78, 5) is 7.62. The fraction of sp³-hybridized carbons (Fsp3) is 0.435. The van der Waals surface area contributed by atoms with Crippen molar-refractivity contribution in [1.82, 2.24) is 4.90 Å². The van der Waals surface area contributed by atoms with Crippen LogP contribution in [0, 0.1) is 5.82 Å². The number of benzene rings is 2. The lowest BCUT2D eigenvalue weighted by atomic mass is 10.0. The smallest absolute Gasteiger partial charge is 0.145 e. The molecule has 1 aliphatic rings. The molecular weight excluding hydrogens is 407 g/mol. The number of halogens is 2. The van der Waals surface area contributed by atoms with Gasteiger partial charge in [0.25, 0.3) is 0 Å². The van der Waals surface area contributed by atoms with E-state index in [-0.39, 0.29) is 24.6 Å². The van der Waals surface area contributed by atoms with Gasteiger partial charge in [-0.15, -0.1) is 0 Å². The van der Waals surface area contributed by atoms with Crippen LogP contribution in [0.1, 0.15) is 31.4 Å². The zero-order chi connectivity index (χ0) is 21.5. The van der Waals surface area contributed by atoms with Gasteiger partial charge in [0.2, 0.25) is 0 Å². The van der Waals surface area contributed by atoms with E-state index in [4.69, 9.17) is 21.2 Å². The predicted octanol–water partition coefficient (Wildman–Crippen LogP) is 4.26. The molecule has 2 aromatic rings. The molecule has 7 heteroatoms. The Balaban J connectivity index is 1.63. The van der Waals surface area contributed by atoms with Crippen LogP contribution >= 0.6 is 11.6 Å². The maximum Gasteiger partial charge on any atom is 0.145 e. The number of aliphatic hydroxyl groups is 1. The molecule has 3 rings (SSSR count). The van der Waals surface area contributed by atoms with Crippen molar-refractivity contribution in [3.05, 3.63) is 70.5 Å². The van der Waals surface area contributed by atoms with E-state index in [1.54, 1.807) is 12.1 Å². The average molecular weight is 435 g/mol. The van der Waals surface area contributed by atoms with Crippen LogP contribution in [0.2, 0.25) is 5.02 Å². The number of hydrogen-bond acceptors (Lipinski definition) is 5. The Morgan fingerprint density at radius 3 is 2.67 bits per heavy atom. The molecule has 0 amide bonds. The summed E-state index contributed by atoms with van der Waals surface area (Å²) in [5.74, 6) is -0.263. The van der Waals surface area contributed by atoms with Gasteiger partial charge in [-0.1, -0.05) is 47.1 Å². The molecule has 30 heavy (non-hydrogen) atoms. The van der Waals surface area contributed by atoms with Gasteiger partial charge in [0, 0.05) is 36.6 Å². The molecule has 0 fully saturated rings. The number of rotatable bonds is 10. The highest BCUT2D eigenvalue weighted by molar-refractivity contribution is 6.30. The fourth-order valence-corrected chi connectivity index (χ4v) is 3.48. The number of aliphatic hydroxyl groups excluding tert-OH is 1. The van der Waals surface area contributed by atoms with E-state index in [0.29, 0.717) is 36.6 Å². The van der Waals surface area contributed by atoms with Crippen molar-refractivity contribution in [2.45, 2.75) is 45.1 Å². The standard InChI is InChI=1S/C23H28ClFN2O3/c1-16(2)29-15-20(28)13-27(12-18-5-3-4-6-22(18)25)14-21-11-23(26-30-21)17-7-9-19(24)10-8-17/h3-10,16,20-21,28H,11-15H2,1-2H3/t20-,21+/m1/s1. The molecule has 0 aliphatic carbocycles. The van der Waals surface area contributed by atoms with Gasteiger partial charge in [-0.25, -0.2) is 4.39 Å². The monoisotopic (exact) mass is 434 g/mol. The van der Waals surface area contributed by atoms with E-state index in [1.165, 1.54) is 6.07 Å². The minimum absolute atomic E-state index is 0.0353. The molecule has 0 bridgehead atoms. The minimum atomic E-state index is -0.683. The van der Waals surface area contributed by atoms with E-state index in [0.717, 1.165) is 11.3 Å². The van der Waals surface area contributed by atoms with Gasteiger partial charge in [0.05, 0.1) is 24.5 Å². The maximum atomic E-state index is 14.2. The number of hydrogen-bond donors (Lipinski definition) is 1. The first-order valence-corrected chi connectivity index (χ1v) is 10.5. The lowest BCUT2D eigenvalue weighted by Crippen LogP contribution is -2.39. The summed E-state index contributed by atoms with van der Waals surface area (Å²) in [5, 5.41) is 15.3. The third-order valence-electron chi connectivity index (χ3n) is 4.81. The third kappa shape index (κ3) is 6.77. The first-order valence-electron chi connectivity index (χ1n) is 10.1. The summed E-state index contributed by atoms with van der Waals surface area (Å²) < 4.78 is 19.7. The van der Waals surface area contributed by atoms with Crippen molar-refractivity contribution in [3.8, 4) is 0 Å². The predicted molar refractivity (Wildman–Crippen MR) is 116 cm³/mol. The first kappa shape index (κ1) is 22.7. The normalized spacial score (nSPS) is 17.3. The molecule has 0 saturated heterocycles. The molecule has 0 unspecified atom stereocenters. The van der Waals surface area contributed by atoms with Crippen LogP contribution < -0.4 is 0 Å². The van der Waals surface area contributed by atoms with Crippen LogP contribution in [0.4, 0.5) is 4.39 Å². The quantitative estimate of drug-likeness (QED) is 0.607. The molecule has 1 aliphatic heterocycles. The van der Waals surface area contributed by atoms with Crippen molar-refractivity contribution in [1.29, 1.82) is 0 Å². The number of nitrogens with zero attached hydrogens (tertiary/aromatic N) is 2. The summed E-state index contributed by atoms with van der Waals surface area (Å²) in [6.45, 7) is 5.29. The van der Waals surface area contributed by atoms with Gasteiger partial charge in [0.15, 0.2) is 0 Å². The molecule has 2 aromatic carbocycles. The average Bonchev–Trinajstić information content (AvgIpc) is 3.17. The number of oxime groups is 1. The van der Waals surface area contributed by atoms with Crippen molar-refractivity contribution < 1.29 is 19.1 Å². The van der Waals surface area contributed by atoms with Crippen LogP contribution in [0.5, 0.6) is 0 Å². The fourth-order valence-electron chi connectivity index (χ4n) is 3.35. The van der Waals surface area contributed by atoms with Crippen molar-refractivity contribution in [3.63, 3.8) is 0 Å². The van der Waals surface area contributed by atoms with E-state index in [1.807, 2.05) is 49.1 Å². The SMILES string of the molecule is CC(C)OC[C@H](O)CN(Cc1ccccc1F)C[C@@H]1CC(c2ccc(Cl)cc2)=NO1. The summed E-state index contributed by atoms with van der Waals surface area (Å²) >= 11 is 5.96. The van der Waals surface area contributed by atoms with Crippen molar-refractivity contribution in [2.24, 2.45) is 5.16 Å². The van der Waals surface area contributed by atoms with Gasteiger partial charge in [-0.3, -0.25) is 4.90 Å². The molecule has 5 nitrogen and oxygen atoms in total. The van der Waals surface area contributed by atoms with E-state index in [9.17, 15) is 9.50 Å². The van der Waals surface area contributed by atoms with Crippen molar-refractivity contribution in [2.75, 3.05) is 19.7 Å². The van der Waals surface area contributed by atoms with Crippen LogP contribution in [0.15, 0.2) is 53.7 Å². The molecule has 162 valence electrons. The van der Waals surface area contributed by atoms with Gasteiger partial charge in [0.1, 0.15) is 11.9 Å². The summed E-state index contributed by atoms with van der Waals surface area (Å²) in [6, 6.07) is 14.1. The molecule has 0 aromatic heterocycles. The van der Waals surface area contributed by atoms with Gasteiger partial charge >= 0.3 is 0 Å². The zero-order valence-corrected chi connectivity index (χ0v) is 18.1. The highest BCUT2D eigenvalue weighted by Crippen LogP contribution is 2.20. The third-order valence-corrected chi connectivity index (χ3v) is 5.07. The Bertz CT molecular complexity index is 845. The highest BCUT2D eigenvalue weighted by Gasteiger charge is 2.26. The van der Waals surface area contributed by atoms with E-state index < -0.39 is 6.10 Å². The summed E-state index contributed by atoms with van der Waals surface area (Å²) in [6.07, 6.45) is -0.195. The van der Waals surface area contributed by atoms with Gasteiger partial charge in [-0.05, 0) is 37.6 Å². The number of ether oxygens (including phenoxy) is 1.